The van der Waals surface area contributed by atoms with Gasteiger partial charge in [0.25, 0.3) is 10.0 Å². The Morgan fingerprint density at radius 1 is 1.00 bits per heavy atom. The lowest BCUT2D eigenvalue weighted by molar-refractivity contribution is -0.0104. The van der Waals surface area contributed by atoms with E-state index in [0.717, 1.165) is 60.8 Å². The number of aryl methyl sites for hydroxylation is 2. The molecule has 8 heteroatoms. The van der Waals surface area contributed by atoms with Crippen molar-refractivity contribution in [2.75, 3.05) is 11.3 Å². The molecule has 2 aromatic carbocycles. The summed E-state index contributed by atoms with van der Waals surface area (Å²) in [4.78, 5) is 9.41. The van der Waals surface area contributed by atoms with Crippen molar-refractivity contribution in [1.82, 2.24) is 9.97 Å². The molecule has 7 nitrogen and oxygen atoms in total. The van der Waals surface area contributed by atoms with E-state index in [1.807, 2.05) is 64.1 Å². The van der Waals surface area contributed by atoms with Gasteiger partial charge in [0.1, 0.15) is 0 Å². The number of hydrogen-bond donors (Lipinski definition) is 2. The number of nitrogens with zero attached hydrogens (tertiary/aromatic N) is 2. The summed E-state index contributed by atoms with van der Waals surface area (Å²) in [6, 6.07) is 15.3. The van der Waals surface area contributed by atoms with Gasteiger partial charge < -0.3 is 9.84 Å². The molecule has 2 atom stereocenters. The van der Waals surface area contributed by atoms with Crippen LogP contribution in [0.25, 0.3) is 11.3 Å². The molecule has 2 aliphatic rings. The Morgan fingerprint density at radius 2 is 1.67 bits per heavy atom. The summed E-state index contributed by atoms with van der Waals surface area (Å²) < 4.78 is 36.6. The van der Waals surface area contributed by atoms with Crippen molar-refractivity contribution in [3.8, 4) is 17.1 Å². The van der Waals surface area contributed by atoms with Crippen LogP contribution in [0, 0.1) is 37.5 Å². The van der Waals surface area contributed by atoms with Crippen LogP contribution < -0.4 is 9.46 Å². The number of benzene rings is 2. The average Bonchev–Trinajstić information content (AvgIpc) is 2.93. The third kappa shape index (κ3) is 7.23. The Hall–Kier alpha value is -2.97. The SMILES string of the molecule is Cc1cccc(C)c1-c1cc2nc(n1)NS(=O)(=O)c1cccc(c1)C(C1CCC(C(C)(C)O)CC1)[C@H](CCC(C)C)CO2. The molecule has 2 heterocycles. The van der Waals surface area contributed by atoms with Gasteiger partial charge in [-0.15, -0.1) is 0 Å². The molecule has 1 aromatic heterocycles. The first-order chi connectivity index (χ1) is 20.3. The smallest absolute Gasteiger partial charge is 0.264 e. The van der Waals surface area contributed by atoms with Gasteiger partial charge >= 0.3 is 0 Å². The predicted octanol–water partition coefficient (Wildman–Crippen LogP) is 7.67. The van der Waals surface area contributed by atoms with Crippen molar-refractivity contribution in [3.63, 3.8) is 0 Å². The summed E-state index contributed by atoms with van der Waals surface area (Å²) >= 11 is 0. The standard InChI is InChI=1S/C35H47N3O4S/c1-22(2)13-14-27-21-42-31-20-30(32-23(3)9-7-10-24(32)4)36-34(37-31)38-43(40,41)29-12-8-11-26(19-29)33(27)25-15-17-28(18-16-25)35(5,6)39/h7-12,19-20,22,25,27-28,33,39H,13-18,21H2,1-6H3,(H,36,37,38)/t25?,27-,28?,33?/m1/s1. The van der Waals surface area contributed by atoms with Crippen LogP contribution in [0.2, 0.25) is 0 Å². The van der Waals surface area contributed by atoms with Crippen molar-refractivity contribution in [2.24, 2.45) is 23.7 Å². The van der Waals surface area contributed by atoms with Crippen LogP contribution in [0.3, 0.4) is 0 Å². The quantitative estimate of drug-likeness (QED) is 0.299. The summed E-state index contributed by atoms with van der Waals surface area (Å²) in [6.45, 7) is 12.8. The second kappa shape index (κ2) is 12.6. The Kier molecular flexibility index (Phi) is 9.19. The molecule has 1 aliphatic carbocycles. The minimum atomic E-state index is -3.96. The topological polar surface area (TPSA) is 101 Å². The van der Waals surface area contributed by atoms with E-state index in [1.54, 1.807) is 6.07 Å². The van der Waals surface area contributed by atoms with Gasteiger partial charge in [-0.25, -0.2) is 18.1 Å². The zero-order valence-corrected chi connectivity index (χ0v) is 27.2. The zero-order chi connectivity index (χ0) is 30.9. The summed E-state index contributed by atoms with van der Waals surface area (Å²) in [5.74, 6) is 1.81. The fourth-order valence-electron chi connectivity index (χ4n) is 7.18. The second-order valence-electron chi connectivity index (χ2n) is 13.7. The van der Waals surface area contributed by atoms with Gasteiger partial charge in [0.15, 0.2) is 0 Å². The number of anilines is 1. The molecule has 1 unspecified atom stereocenters. The molecule has 2 N–H and O–H groups in total. The first kappa shape index (κ1) is 31.5. The molecule has 5 rings (SSSR count). The lowest BCUT2D eigenvalue weighted by atomic mass is 9.66. The largest absolute Gasteiger partial charge is 0.477 e. The number of rotatable bonds is 6. The minimum Gasteiger partial charge on any atom is -0.477 e. The van der Waals surface area contributed by atoms with E-state index in [-0.39, 0.29) is 28.6 Å². The van der Waals surface area contributed by atoms with Crippen LogP contribution in [0.1, 0.15) is 88.8 Å². The Balaban J connectivity index is 1.60. The normalized spacial score (nSPS) is 23.9. The molecule has 0 amide bonds. The van der Waals surface area contributed by atoms with Gasteiger partial charge in [0.2, 0.25) is 11.8 Å². The van der Waals surface area contributed by atoms with E-state index in [1.165, 1.54) is 0 Å². The number of fused-ring (bicyclic) bond motifs is 4. The highest BCUT2D eigenvalue weighted by atomic mass is 32.2. The van der Waals surface area contributed by atoms with Crippen LogP contribution in [-0.2, 0) is 10.0 Å². The Labute approximate surface area is 257 Å². The molecule has 43 heavy (non-hydrogen) atoms. The van der Waals surface area contributed by atoms with Gasteiger partial charge in [-0.2, -0.15) is 4.98 Å². The monoisotopic (exact) mass is 605 g/mol. The van der Waals surface area contributed by atoms with Crippen LogP contribution in [0.5, 0.6) is 5.88 Å². The van der Waals surface area contributed by atoms with Gasteiger partial charge in [0, 0.05) is 17.5 Å². The maximum atomic E-state index is 13.7. The summed E-state index contributed by atoms with van der Waals surface area (Å²) in [5, 5.41) is 10.7. The van der Waals surface area contributed by atoms with E-state index in [4.69, 9.17) is 4.74 Å². The molecule has 4 bridgehead atoms. The van der Waals surface area contributed by atoms with E-state index in [2.05, 4.69) is 34.6 Å². The molecular formula is C35H47N3O4S. The van der Waals surface area contributed by atoms with Gasteiger partial charge in [-0.3, -0.25) is 0 Å². The molecule has 1 fully saturated rings. The number of sulfonamides is 1. The molecular weight excluding hydrogens is 558 g/mol. The number of aliphatic hydroxyl groups is 1. The maximum absolute atomic E-state index is 13.7. The lowest BCUT2D eigenvalue weighted by Crippen LogP contribution is -2.36. The third-order valence-electron chi connectivity index (χ3n) is 9.57. The molecule has 1 saturated carbocycles. The van der Waals surface area contributed by atoms with E-state index in [0.29, 0.717) is 30.0 Å². The molecule has 0 spiro atoms. The highest BCUT2D eigenvalue weighted by molar-refractivity contribution is 7.92. The fourth-order valence-corrected chi connectivity index (χ4v) is 8.18. The Bertz CT molecular complexity index is 1520. The maximum Gasteiger partial charge on any atom is 0.264 e. The van der Waals surface area contributed by atoms with Gasteiger partial charge in [-0.1, -0.05) is 50.6 Å². The van der Waals surface area contributed by atoms with E-state index < -0.39 is 15.6 Å². The highest BCUT2D eigenvalue weighted by Crippen LogP contribution is 2.46. The van der Waals surface area contributed by atoms with Crippen LogP contribution >= 0.6 is 0 Å². The van der Waals surface area contributed by atoms with E-state index in [9.17, 15) is 13.5 Å². The number of nitrogens with one attached hydrogen (secondary N) is 1. The van der Waals surface area contributed by atoms with Crippen LogP contribution in [0.4, 0.5) is 5.95 Å². The summed E-state index contributed by atoms with van der Waals surface area (Å²) in [6.07, 6.45) is 5.89. The molecule has 0 radical (unpaired) electrons. The average molecular weight is 606 g/mol. The van der Waals surface area contributed by atoms with Gasteiger partial charge in [-0.05, 0) is 112 Å². The van der Waals surface area contributed by atoms with Crippen molar-refractivity contribution >= 4 is 16.0 Å². The second-order valence-corrected chi connectivity index (χ2v) is 15.4. The van der Waals surface area contributed by atoms with Crippen molar-refractivity contribution < 1.29 is 18.3 Å². The number of aromatic nitrogens is 2. The first-order valence-electron chi connectivity index (χ1n) is 15.8. The molecule has 1 aliphatic heterocycles. The predicted molar refractivity (Wildman–Crippen MR) is 172 cm³/mol. The first-order valence-corrected chi connectivity index (χ1v) is 17.2. The third-order valence-corrected chi connectivity index (χ3v) is 10.9. The number of ether oxygens (including phenoxy) is 1. The minimum absolute atomic E-state index is 0.00125. The van der Waals surface area contributed by atoms with Crippen molar-refractivity contribution in [2.45, 2.75) is 96.5 Å². The Morgan fingerprint density at radius 3 is 2.33 bits per heavy atom. The van der Waals surface area contributed by atoms with Gasteiger partial charge in [0.05, 0.1) is 22.8 Å². The summed E-state index contributed by atoms with van der Waals surface area (Å²) in [7, 11) is -3.96. The van der Waals surface area contributed by atoms with E-state index >= 15 is 0 Å². The molecule has 3 aromatic rings. The van der Waals surface area contributed by atoms with Crippen molar-refractivity contribution in [3.05, 3.63) is 65.2 Å². The lowest BCUT2D eigenvalue weighted by Gasteiger charge is -2.41. The highest BCUT2D eigenvalue weighted by Gasteiger charge is 2.38. The fraction of sp³-hybridized carbons (Fsp3) is 0.543. The molecule has 232 valence electrons. The zero-order valence-electron chi connectivity index (χ0n) is 26.4. The summed E-state index contributed by atoms with van der Waals surface area (Å²) in [5.41, 5.74) is 4.00. The number of hydrogen-bond acceptors (Lipinski definition) is 6. The molecule has 0 saturated heterocycles. The van der Waals surface area contributed by atoms with Crippen LogP contribution in [-0.4, -0.2) is 35.7 Å². The van der Waals surface area contributed by atoms with Crippen molar-refractivity contribution in [1.29, 1.82) is 0 Å². The van der Waals surface area contributed by atoms with Crippen LogP contribution in [0.15, 0.2) is 53.4 Å².